The molecule has 0 fully saturated rings. The fourth-order valence-electron chi connectivity index (χ4n) is 2.30. The molecule has 0 aliphatic heterocycles. The highest BCUT2D eigenvalue weighted by molar-refractivity contribution is 5.29. The molecule has 1 atom stereocenters. The lowest BCUT2D eigenvalue weighted by Gasteiger charge is -2.08. The van der Waals surface area contributed by atoms with Crippen LogP contribution in [0.25, 0.3) is 0 Å². The van der Waals surface area contributed by atoms with Gasteiger partial charge in [-0.1, -0.05) is 60.7 Å². The Bertz CT molecular complexity index is 829. The molecule has 0 aliphatic rings. The molecule has 1 aromatic heterocycles. The Morgan fingerprint density at radius 3 is 2.25 bits per heavy atom. The van der Waals surface area contributed by atoms with Crippen LogP contribution in [0.1, 0.15) is 22.9 Å². The van der Waals surface area contributed by atoms with Gasteiger partial charge in [-0.05, 0) is 17.2 Å². The number of hydrogen-bond acceptors (Lipinski definition) is 5. The van der Waals surface area contributed by atoms with E-state index in [1.165, 1.54) is 6.07 Å². The minimum absolute atomic E-state index is 0.302. The molecule has 0 aliphatic carbocycles. The topological polar surface area (TPSA) is 81.0 Å². The summed E-state index contributed by atoms with van der Waals surface area (Å²) in [5.41, 5.74) is 1.90. The van der Waals surface area contributed by atoms with Crippen molar-refractivity contribution in [2.45, 2.75) is 12.6 Å². The molecule has 0 bridgehead atoms. The highest BCUT2D eigenvalue weighted by Gasteiger charge is 2.21. The molecule has 0 saturated heterocycles. The quantitative estimate of drug-likeness (QED) is 0.367. The van der Waals surface area contributed by atoms with E-state index >= 15 is 0 Å². The molecule has 2 aromatic carbocycles. The van der Waals surface area contributed by atoms with Crippen LogP contribution in [0.15, 0.2) is 87.4 Å². The van der Waals surface area contributed by atoms with Crippen molar-refractivity contribution in [2.75, 3.05) is 0 Å². The van der Waals surface area contributed by atoms with Gasteiger partial charge in [0.25, 0.3) is 0 Å². The van der Waals surface area contributed by atoms with Crippen molar-refractivity contribution in [3.05, 3.63) is 99.8 Å². The lowest BCUT2D eigenvalue weighted by Crippen LogP contribution is -1.96. The lowest BCUT2D eigenvalue weighted by atomic mass is 10.1. The molecule has 0 spiro atoms. The SMILES string of the molecule is O=[N+]([O-])c1ccc(C(N=NCc2ccccc2)c2ccccc2)o1. The zero-order valence-corrected chi connectivity index (χ0v) is 12.8. The van der Waals surface area contributed by atoms with Gasteiger partial charge in [0.15, 0.2) is 6.04 Å². The zero-order valence-electron chi connectivity index (χ0n) is 12.8. The summed E-state index contributed by atoms with van der Waals surface area (Å²) in [4.78, 5) is 10.3. The third kappa shape index (κ3) is 3.73. The summed E-state index contributed by atoms with van der Waals surface area (Å²) in [5.74, 6) is 0.0916. The van der Waals surface area contributed by atoms with Gasteiger partial charge in [-0.25, -0.2) is 0 Å². The van der Waals surface area contributed by atoms with Crippen LogP contribution < -0.4 is 0 Å². The van der Waals surface area contributed by atoms with Crippen molar-refractivity contribution in [3.63, 3.8) is 0 Å². The Labute approximate surface area is 138 Å². The highest BCUT2D eigenvalue weighted by Crippen LogP contribution is 2.30. The van der Waals surface area contributed by atoms with Crippen molar-refractivity contribution in [2.24, 2.45) is 10.2 Å². The fraction of sp³-hybridized carbons (Fsp3) is 0.111. The molecule has 0 amide bonds. The Balaban J connectivity index is 1.86. The zero-order chi connectivity index (χ0) is 16.8. The average Bonchev–Trinajstić information content (AvgIpc) is 3.10. The first kappa shape index (κ1) is 15.6. The maximum Gasteiger partial charge on any atom is 0.433 e. The number of nitrogens with zero attached hydrogens (tertiary/aromatic N) is 3. The third-order valence-electron chi connectivity index (χ3n) is 3.47. The second-order valence-electron chi connectivity index (χ2n) is 5.15. The summed E-state index contributed by atoms with van der Waals surface area (Å²) >= 11 is 0. The molecule has 1 heterocycles. The van der Waals surface area contributed by atoms with E-state index in [1.54, 1.807) is 6.07 Å². The van der Waals surface area contributed by atoms with Crippen LogP contribution in [0.3, 0.4) is 0 Å². The molecule has 6 heteroatoms. The van der Waals surface area contributed by atoms with Gasteiger partial charge in [-0.3, -0.25) is 10.1 Å². The summed E-state index contributed by atoms with van der Waals surface area (Å²) in [5, 5.41) is 19.4. The van der Waals surface area contributed by atoms with E-state index in [-0.39, 0.29) is 5.88 Å². The first-order valence-electron chi connectivity index (χ1n) is 7.43. The number of furan rings is 1. The molecule has 0 radical (unpaired) electrons. The van der Waals surface area contributed by atoms with Crippen LogP contribution in [0.2, 0.25) is 0 Å². The largest absolute Gasteiger partial charge is 0.433 e. The van der Waals surface area contributed by atoms with E-state index in [9.17, 15) is 10.1 Å². The predicted molar refractivity (Wildman–Crippen MR) is 88.6 cm³/mol. The van der Waals surface area contributed by atoms with Crippen molar-refractivity contribution in [1.82, 2.24) is 0 Å². The number of benzene rings is 2. The Kier molecular flexibility index (Phi) is 4.76. The molecular formula is C18H15N3O3. The van der Waals surface area contributed by atoms with E-state index in [0.717, 1.165) is 11.1 Å². The van der Waals surface area contributed by atoms with Crippen LogP contribution in [0.5, 0.6) is 0 Å². The molecule has 3 rings (SSSR count). The summed E-state index contributed by atoms with van der Waals surface area (Å²) in [6.45, 7) is 0.437. The molecule has 0 saturated carbocycles. The highest BCUT2D eigenvalue weighted by atomic mass is 16.6. The van der Waals surface area contributed by atoms with Crippen molar-refractivity contribution in [3.8, 4) is 0 Å². The fourth-order valence-corrected chi connectivity index (χ4v) is 2.30. The van der Waals surface area contributed by atoms with Gasteiger partial charge in [0, 0.05) is 0 Å². The molecular weight excluding hydrogens is 306 g/mol. The Hall–Kier alpha value is -3.28. The van der Waals surface area contributed by atoms with Crippen molar-refractivity contribution in [1.29, 1.82) is 0 Å². The van der Waals surface area contributed by atoms with Gasteiger partial charge < -0.3 is 4.42 Å². The molecule has 120 valence electrons. The van der Waals surface area contributed by atoms with Crippen LogP contribution in [-0.2, 0) is 6.54 Å². The molecule has 24 heavy (non-hydrogen) atoms. The summed E-state index contributed by atoms with van der Waals surface area (Å²) in [6.07, 6.45) is 0. The third-order valence-corrected chi connectivity index (χ3v) is 3.47. The first-order chi connectivity index (χ1) is 11.7. The summed E-state index contributed by atoms with van der Waals surface area (Å²) < 4.78 is 5.31. The van der Waals surface area contributed by atoms with Gasteiger partial charge >= 0.3 is 5.88 Å². The number of rotatable bonds is 6. The maximum absolute atomic E-state index is 10.8. The normalized spacial score (nSPS) is 12.3. The van der Waals surface area contributed by atoms with E-state index in [2.05, 4.69) is 10.2 Å². The summed E-state index contributed by atoms with van der Waals surface area (Å²) in [7, 11) is 0. The molecule has 3 aromatic rings. The lowest BCUT2D eigenvalue weighted by molar-refractivity contribution is -0.402. The van der Waals surface area contributed by atoms with E-state index in [1.807, 2.05) is 60.7 Å². The van der Waals surface area contributed by atoms with Crippen molar-refractivity contribution >= 4 is 5.88 Å². The van der Waals surface area contributed by atoms with Crippen LogP contribution in [0, 0.1) is 10.1 Å². The second kappa shape index (κ2) is 7.32. The van der Waals surface area contributed by atoms with E-state index in [0.29, 0.717) is 12.3 Å². The van der Waals surface area contributed by atoms with Crippen molar-refractivity contribution < 1.29 is 9.34 Å². The van der Waals surface area contributed by atoms with Gasteiger partial charge in [0.1, 0.15) is 10.7 Å². The van der Waals surface area contributed by atoms with E-state index in [4.69, 9.17) is 4.42 Å². The standard InChI is InChI=1S/C18H15N3O3/c22-21(23)17-12-11-16(24-17)18(15-9-5-2-6-10-15)20-19-13-14-7-3-1-4-8-14/h1-12,18H,13H2. The molecule has 6 nitrogen and oxygen atoms in total. The first-order valence-corrected chi connectivity index (χ1v) is 7.43. The summed E-state index contributed by atoms with van der Waals surface area (Å²) in [6, 6.07) is 21.6. The molecule has 0 N–H and O–H groups in total. The predicted octanol–water partition coefficient (Wildman–Crippen LogP) is 4.93. The number of hydrogen-bond donors (Lipinski definition) is 0. The van der Waals surface area contributed by atoms with Gasteiger partial charge in [-0.15, -0.1) is 0 Å². The average molecular weight is 321 g/mol. The molecule has 1 unspecified atom stereocenters. The number of azo groups is 1. The minimum Gasteiger partial charge on any atom is -0.403 e. The maximum atomic E-state index is 10.8. The van der Waals surface area contributed by atoms with Gasteiger partial charge in [0.05, 0.1) is 12.6 Å². The monoisotopic (exact) mass is 321 g/mol. The van der Waals surface area contributed by atoms with Crippen LogP contribution in [0.4, 0.5) is 5.88 Å². The van der Waals surface area contributed by atoms with E-state index < -0.39 is 11.0 Å². The van der Waals surface area contributed by atoms with Crippen LogP contribution >= 0.6 is 0 Å². The van der Waals surface area contributed by atoms with Crippen LogP contribution in [-0.4, -0.2) is 4.92 Å². The Morgan fingerprint density at radius 1 is 0.958 bits per heavy atom. The Morgan fingerprint density at radius 2 is 1.62 bits per heavy atom. The second-order valence-corrected chi connectivity index (χ2v) is 5.15. The number of nitro groups is 1. The minimum atomic E-state index is -0.563. The van der Waals surface area contributed by atoms with Gasteiger partial charge in [-0.2, -0.15) is 10.2 Å². The van der Waals surface area contributed by atoms with Gasteiger partial charge in [0.2, 0.25) is 0 Å². The smallest absolute Gasteiger partial charge is 0.403 e.